The smallest absolute Gasteiger partial charge is 0.179 e. The first-order chi connectivity index (χ1) is 9.20. The van der Waals surface area contributed by atoms with Gasteiger partial charge < -0.3 is 9.88 Å². The lowest BCUT2D eigenvalue weighted by Crippen LogP contribution is -2.10. The van der Waals surface area contributed by atoms with Gasteiger partial charge in [-0.25, -0.2) is 9.97 Å². The van der Waals surface area contributed by atoms with Crippen molar-refractivity contribution in [2.75, 3.05) is 19.0 Å². The summed E-state index contributed by atoms with van der Waals surface area (Å²) in [4.78, 5) is 14.5. The summed E-state index contributed by atoms with van der Waals surface area (Å²) in [5, 5.41) is 0. The van der Waals surface area contributed by atoms with E-state index in [2.05, 4.69) is 27.9 Å². The molecule has 2 heterocycles. The molecule has 2 rings (SSSR count). The van der Waals surface area contributed by atoms with Crippen LogP contribution in [-0.4, -0.2) is 29.0 Å². The van der Waals surface area contributed by atoms with Gasteiger partial charge in [0.05, 0.1) is 5.52 Å². The number of nitrogens with one attached hydrogen (secondary N) is 1. The van der Waals surface area contributed by atoms with Crippen LogP contribution in [0.15, 0.2) is 12.1 Å². The Kier molecular flexibility index (Phi) is 4.77. The van der Waals surface area contributed by atoms with Gasteiger partial charge in [0.1, 0.15) is 11.6 Å². The summed E-state index contributed by atoms with van der Waals surface area (Å²) >= 11 is 0. The molecule has 0 unspecified atom stereocenters. The maximum atomic E-state index is 4.58. The first-order valence-electron chi connectivity index (χ1n) is 7.23. The van der Waals surface area contributed by atoms with Crippen LogP contribution >= 0.6 is 0 Å². The highest BCUT2D eigenvalue weighted by atomic mass is 15.1. The van der Waals surface area contributed by atoms with E-state index in [1.54, 1.807) is 0 Å². The molecule has 0 aliphatic carbocycles. The summed E-state index contributed by atoms with van der Waals surface area (Å²) in [6, 6.07) is 4.08. The van der Waals surface area contributed by atoms with Crippen molar-refractivity contribution in [3.8, 4) is 0 Å². The molecule has 0 saturated heterocycles. The fourth-order valence-electron chi connectivity index (χ4n) is 2.20. The molecule has 0 bridgehead atoms. The van der Waals surface area contributed by atoms with Crippen LogP contribution in [0.3, 0.4) is 0 Å². The average Bonchev–Trinajstić information content (AvgIpc) is 2.80. The molecule has 0 aromatic carbocycles. The average molecular weight is 260 g/mol. The first-order valence-corrected chi connectivity index (χ1v) is 7.23. The van der Waals surface area contributed by atoms with Crippen LogP contribution in [0.4, 0.5) is 5.82 Å². The zero-order chi connectivity index (χ0) is 13.7. The third-order valence-electron chi connectivity index (χ3n) is 3.36. The molecular weight excluding hydrogens is 236 g/mol. The number of hydrogen-bond acceptors (Lipinski definition) is 3. The van der Waals surface area contributed by atoms with Gasteiger partial charge >= 0.3 is 0 Å². The Hall–Kier alpha value is -1.58. The van der Waals surface area contributed by atoms with E-state index in [1.807, 2.05) is 25.1 Å². The van der Waals surface area contributed by atoms with Gasteiger partial charge in [0.25, 0.3) is 0 Å². The number of nitrogens with zero attached hydrogens (tertiary/aromatic N) is 3. The zero-order valence-electron chi connectivity index (χ0n) is 12.2. The third-order valence-corrected chi connectivity index (χ3v) is 3.36. The Labute approximate surface area is 115 Å². The molecule has 0 spiro atoms. The van der Waals surface area contributed by atoms with Gasteiger partial charge in [-0.3, -0.25) is 0 Å². The highest BCUT2D eigenvalue weighted by Crippen LogP contribution is 2.16. The van der Waals surface area contributed by atoms with E-state index in [-0.39, 0.29) is 0 Å². The fraction of sp³-hybridized carbons (Fsp3) is 0.600. The maximum absolute atomic E-state index is 4.58. The number of fused-ring (bicyclic) bond motifs is 1. The predicted octanol–water partition coefficient (Wildman–Crippen LogP) is 3.54. The predicted molar refractivity (Wildman–Crippen MR) is 80.7 cm³/mol. The molecule has 2 aromatic rings. The molecule has 0 saturated carbocycles. The number of imidazole rings is 1. The molecule has 19 heavy (non-hydrogen) atoms. The van der Waals surface area contributed by atoms with Gasteiger partial charge in [-0.05, 0) is 18.6 Å². The lowest BCUT2D eigenvalue weighted by molar-refractivity contribution is 0.625. The van der Waals surface area contributed by atoms with Crippen LogP contribution in [0.1, 0.15) is 44.9 Å². The summed E-state index contributed by atoms with van der Waals surface area (Å²) in [6.45, 7) is 2.24. The second-order valence-corrected chi connectivity index (χ2v) is 5.28. The summed E-state index contributed by atoms with van der Waals surface area (Å²) < 4.78 is 0. The van der Waals surface area contributed by atoms with Gasteiger partial charge in [-0.15, -0.1) is 0 Å². The minimum absolute atomic E-state index is 0.828. The highest BCUT2D eigenvalue weighted by Gasteiger charge is 2.06. The third kappa shape index (κ3) is 3.69. The topological polar surface area (TPSA) is 44.8 Å². The molecule has 0 aliphatic rings. The normalized spacial score (nSPS) is 11.1. The van der Waals surface area contributed by atoms with Gasteiger partial charge in [-0.2, -0.15) is 0 Å². The molecule has 0 amide bonds. The van der Waals surface area contributed by atoms with E-state index in [4.69, 9.17) is 0 Å². The van der Waals surface area contributed by atoms with Crippen LogP contribution in [0.2, 0.25) is 0 Å². The summed E-state index contributed by atoms with van der Waals surface area (Å²) in [5.41, 5.74) is 1.86. The number of rotatable bonds is 7. The van der Waals surface area contributed by atoms with Crippen LogP contribution < -0.4 is 4.90 Å². The number of hydrogen-bond donors (Lipinski definition) is 1. The molecule has 0 radical (unpaired) electrons. The van der Waals surface area contributed by atoms with Crippen molar-refractivity contribution in [1.82, 2.24) is 15.0 Å². The van der Waals surface area contributed by atoms with Gasteiger partial charge in [-0.1, -0.05) is 32.6 Å². The minimum Gasteiger partial charge on any atom is -0.363 e. The SMILES string of the molecule is CCCCCCCc1nc2nc(N(C)C)ccc2[nH]1. The zero-order valence-corrected chi connectivity index (χ0v) is 12.2. The van der Waals surface area contributed by atoms with Crippen molar-refractivity contribution in [3.05, 3.63) is 18.0 Å². The molecule has 4 nitrogen and oxygen atoms in total. The van der Waals surface area contributed by atoms with Crippen molar-refractivity contribution < 1.29 is 0 Å². The van der Waals surface area contributed by atoms with Crippen LogP contribution in [0, 0.1) is 0 Å². The second-order valence-electron chi connectivity index (χ2n) is 5.28. The second kappa shape index (κ2) is 6.55. The highest BCUT2D eigenvalue weighted by molar-refractivity contribution is 5.73. The van der Waals surface area contributed by atoms with Crippen molar-refractivity contribution in [2.45, 2.75) is 45.4 Å². The van der Waals surface area contributed by atoms with Crippen molar-refractivity contribution in [1.29, 1.82) is 0 Å². The minimum atomic E-state index is 0.828. The summed E-state index contributed by atoms with van der Waals surface area (Å²) in [5.74, 6) is 2.02. The van der Waals surface area contributed by atoms with Crippen molar-refractivity contribution >= 4 is 17.0 Å². The van der Waals surface area contributed by atoms with Gasteiger partial charge in [0.15, 0.2) is 5.65 Å². The molecule has 4 heteroatoms. The number of aromatic nitrogens is 3. The molecular formula is C15H24N4. The molecule has 1 N–H and O–H groups in total. The quantitative estimate of drug-likeness (QED) is 0.774. The summed E-state index contributed by atoms with van der Waals surface area (Å²) in [7, 11) is 3.99. The summed E-state index contributed by atoms with van der Waals surface area (Å²) in [6.07, 6.45) is 7.49. The van der Waals surface area contributed by atoms with Gasteiger partial charge in [0.2, 0.25) is 0 Å². The van der Waals surface area contributed by atoms with Gasteiger partial charge in [0, 0.05) is 20.5 Å². The van der Waals surface area contributed by atoms with E-state index in [9.17, 15) is 0 Å². The molecule has 0 atom stereocenters. The van der Waals surface area contributed by atoms with E-state index >= 15 is 0 Å². The van der Waals surface area contributed by atoms with E-state index in [1.165, 1.54) is 32.1 Å². The Bertz CT molecular complexity index is 516. The lowest BCUT2D eigenvalue weighted by atomic mass is 10.1. The largest absolute Gasteiger partial charge is 0.363 e. The molecule has 0 fully saturated rings. The maximum Gasteiger partial charge on any atom is 0.179 e. The lowest BCUT2D eigenvalue weighted by Gasteiger charge is -2.09. The number of pyridine rings is 1. The molecule has 104 valence electrons. The standard InChI is InChI=1S/C15H24N4/c1-4-5-6-7-8-9-13-16-12-10-11-14(19(2)3)18-15(12)17-13/h10-11H,4-9H2,1-3H3,(H,16,17,18). The number of anilines is 1. The number of unbranched alkanes of at least 4 members (excludes halogenated alkanes) is 4. The van der Waals surface area contributed by atoms with E-state index < -0.39 is 0 Å². The monoisotopic (exact) mass is 260 g/mol. The molecule has 2 aromatic heterocycles. The molecule has 0 aliphatic heterocycles. The number of aryl methyl sites for hydroxylation is 1. The Morgan fingerprint density at radius 1 is 1.05 bits per heavy atom. The Balaban J connectivity index is 1.97. The van der Waals surface area contributed by atoms with Crippen LogP contribution in [0.25, 0.3) is 11.2 Å². The van der Waals surface area contributed by atoms with Crippen LogP contribution in [0.5, 0.6) is 0 Å². The fourth-order valence-corrected chi connectivity index (χ4v) is 2.20. The number of H-pyrrole nitrogens is 1. The van der Waals surface area contributed by atoms with Crippen molar-refractivity contribution in [2.24, 2.45) is 0 Å². The first kappa shape index (κ1) is 13.8. The van der Waals surface area contributed by atoms with Crippen LogP contribution in [-0.2, 0) is 6.42 Å². The van der Waals surface area contributed by atoms with Crippen molar-refractivity contribution in [3.63, 3.8) is 0 Å². The van der Waals surface area contributed by atoms with E-state index in [0.717, 1.165) is 29.2 Å². The van der Waals surface area contributed by atoms with E-state index in [0.29, 0.717) is 0 Å². The Morgan fingerprint density at radius 3 is 2.58 bits per heavy atom. The Morgan fingerprint density at radius 2 is 1.84 bits per heavy atom. The number of aromatic amines is 1.